The largest absolute Gasteiger partial charge is 0.493 e. The van der Waals surface area contributed by atoms with Crippen molar-refractivity contribution in [1.82, 2.24) is 5.32 Å². The second-order valence-corrected chi connectivity index (χ2v) is 10.8. The van der Waals surface area contributed by atoms with E-state index in [1.54, 1.807) is 33.5 Å². The van der Waals surface area contributed by atoms with E-state index in [0.717, 1.165) is 20.3 Å². The fourth-order valence-electron chi connectivity index (χ4n) is 5.85. The molecule has 2 heterocycles. The second-order valence-electron chi connectivity index (χ2n) is 9.55. The number of ether oxygens (including phenoxy) is 6. The van der Waals surface area contributed by atoms with Crippen LogP contribution in [0.25, 0.3) is 0 Å². The molecule has 1 N–H and O–H groups in total. The maximum Gasteiger partial charge on any atom is 0.310 e. The van der Waals surface area contributed by atoms with Gasteiger partial charge in [-0.15, -0.1) is 0 Å². The molecule has 39 heavy (non-hydrogen) atoms. The van der Waals surface area contributed by atoms with Gasteiger partial charge in [0, 0.05) is 21.0 Å². The number of nitrogens with one attached hydrogen (secondary N) is 1. The van der Waals surface area contributed by atoms with Crippen molar-refractivity contribution in [2.45, 2.75) is 12.0 Å². The normalized spacial score (nSPS) is 22.4. The standard InChI is InChI=1S/C29H26INO8/c1-34-22-8-15(9-23(35-2)27(22)36-3)24-17-10-20-21(39-13-38-20)11-18(17)26(19-12-37-29(33)25(19)24)31-28(32)14-4-6-16(30)7-5-14/h4-11,19,24-26H,12-13H2,1-3H3,(H,31,32)/t19-,24+,25?,26+/m0/s1. The molecule has 3 aliphatic rings. The van der Waals surface area contributed by atoms with Crippen LogP contribution in [0, 0.1) is 15.4 Å². The number of fused-ring (bicyclic) bond motifs is 3. The van der Waals surface area contributed by atoms with Gasteiger partial charge in [0.15, 0.2) is 23.0 Å². The van der Waals surface area contributed by atoms with E-state index in [1.807, 2.05) is 36.4 Å². The summed E-state index contributed by atoms with van der Waals surface area (Å²) in [5.41, 5.74) is 3.00. The zero-order valence-corrected chi connectivity index (χ0v) is 23.6. The Hall–Kier alpha value is -3.67. The third-order valence-electron chi connectivity index (χ3n) is 7.63. The molecule has 0 bridgehead atoms. The van der Waals surface area contributed by atoms with Crippen molar-refractivity contribution in [3.8, 4) is 28.7 Å². The molecule has 0 spiro atoms. The fourth-order valence-corrected chi connectivity index (χ4v) is 6.21. The molecule has 202 valence electrons. The van der Waals surface area contributed by atoms with Gasteiger partial charge in [-0.2, -0.15) is 0 Å². The molecule has 4 atom stereocenters. The molecular formula is C29H26INO8. The quantitative estimate of drug-likeness (QED) is 0.311. The van der Waals surface area contributed by atoms with Crippen molar-refractivity contribution in [3.63, 3.8) is 0 Å². The van der Waals surface area contributed by atoms with E-state index < -0.39 is 17.9 Å². The van der Waals surface area contributed by atoms with Gasteiger partial charge in [-0.3, -0.25) is 9.59 Å². The number of cyclic esters (lactones) is 1. The van der Waals surface area contributed by atoms with E-state index in [1.165, 1.54) is 0 Å². The van der Waals surface area contributed by atoms with Gasteiger partial charge in [-0.05, 0) is 87.8 Å². The first-order valence-electron chi connectivity index (χ1n) is 12.4. The van der Waals surface area contributed by atoms with Crippen LogP contribution in [-0.4, -0.2) is 46.6 Å². The molecule has 0 saturated carbocycles. The maximum absolute atomic E-state index is 13.4. The van der Waals surface area contributed by atoms with Crippen molar-refractivity contribution < 1.29 is 38.0 Å². The lowest BCUT2D eigenvalue weighted by Crippen LogP contribution is -2.42. The average Bonchev–Trinajstić information content (AvgIpc) is 3.57. The molecular weight excluding hydrogens is 617 g/mol. The zero-order chi connectivity index (χ0) is 27.3. The minimum atomic E-state index is -0.567. The summed E-state index contributed by atoms with van der Waals surface area (Å²) in [4.78, 5) is 26.7. The minimum Gasteiger partial charge on any atom is -0.493 e. The average molecular weight is 643 g/mol. The van der Waals surface area contributed by atoms with Gasteiger partial charge >= 0.3 is 5.97 Å². The molecule has 3 aromatic carbocycles. The number of halogens is 1. The molecule has 0 radical (unpaired) electrons. The van der Waals surface area contributed by atoms with Crippen LogP contribution < -0.4 is 29.0 Å². The predicted octanol–water partition coefficient (Wildman–Crippen LogP) is 4.45. The SMILES string of the molecule is COc1cc([C@@H]2c3cc4c(cc3[C@@H](NC(=O)c3ccc(I)cc3)[C@H]3COC(=O)C23)OCO4)cc(OC)c1OC. The molecule has 0 aromatic heterocycles. The molecule has 3 aromatic rings. The third-order valence-corrected chi connectivity index (χ3v) is 8.35. The monoisotopic (exact) mass is 643 g/mol. The summed E-state index contributed by atoms with van der Waals surface area (Å²) in [5.74, 6) is 0.726. The van der Waals surface area contributed by atoms with Gasteiger partial charge in [-0.1, -0.05) is 0 Å². The lowest BCUT2D eigenvalue weighted by molar-refractivity contribution is -0.141. The number of rotatable bonds is 6. The lowest BCUT2D eigenvalue weighted by atomic mass is 9.65. The summed E-state index contributed by atoms with van der Waals surface area (Å²) in [7, 11) is 4.65. The third kappa shape index (κ3) is 4.30. The van der Waals surface area contributed by atoms with Gasteiger partial charge < -0.3 is 33.7 Å². The molecule has 1 fully saturated rings. The molecule has 9 nitrogen and oxygen atoms in total. The topological polar surface area (TPSA) is 102 Å². The molecule has 1 saturated heterocycles. The first-order valence-corrected chi connectivity index (χ1v) is 13.5. The lowest BCUT2D eigenvalue weighted by Gasteiger charge is -2.39. The zero-order valence-electron chi connectivity index (χ0n) is 21.5. The Balaban J connectivity index is 1.51. The van der Waals surface area contributed by atoms with Crippen LogP contribution in [-0.2, 0) is 9.53 Å². The van der Waals surface area contributed by atoms with E-state index in [2.05, 4.69) is 27.9 Å². The molecule has 1 unspecified atom stereocenters. The van der Waals surface area contributed by atoms with Crippen LogP contribution >= 0.6 is 22.6 Å². The number of esters is 1. The Labute approximate surface area is 238 Å². The Morgan fingerprint density at radius 1 is 0.897 bits per heavy atom. The Bertz CT molecular complexity index is 1430. The summed E-state index contributed by atoms with van der Waals surface area (Å²) < 4.78 is 34.8. The molecule has 2 aliphatic heterocycles. The van der Waals surface area contributed by atoms with E-state index >= 15 is 0 Å². The van der Waals surface area contributed by atoms with E-state index in [4.69, 9.17) is 28.4 Å². The highest BCUT2D eigenvalue weighted by Gasteiger charge is 2.53. The van der Waals surface area contributed by atoms with Crippen LogP contribution in [0.5, 0.6) is 28.7 Å². The van der Waals surface area contributed by atoms with Crippen molar-refractivity contribution in [3.05, 3.63) is 74.4 Å². The van der Waals surface area contributed by atoms with Gasteiger partial charge in [0.2, 0.25) is 12.5 Å². The van der Waals surface area contributed by atoms with Crippen molar-refractivity contribution in [2.75, 3.05) is 34.7 Å². The Kier molecular flexibility index (Phi) is 6.66. The van der Waals surface area contributed by atoms with Gasteiger partial charge in [0.25, 0.3) is 5.91 Å². The minimum absolute atomic E-state index is 0.0989. The van der Waals surface area contributed by atoms with Crippen LogP contribution in [0.1, 0.15) is 39.0 Å². The summed E-state index contributed by atoms with van der Waals surface area (Å²) >= 11 is 2.20. The Morgan fingerprint density at radius 2 is 1.54 bits per heavy atom. The van der Waals surface area contributed by atoms with Crippen LogP contribution in [0.15, 0.2) is 48.5 Å². The van der Waals surface area contributed by atoms with Crippen LogP contribution in [0.3, 0.4) is 0 Å². The number of carbonyl (C=O) groups is 2. The number of hydrogen-bond acceptors (Lipinski definition) is 8. The first-order chi connectivity index (χ1) is 18.9. The summed E-state index contributed by atoms with van der Waals surface area (Å²) in [6.45, 7) is 0.275. The van der Waals surface area contributed by atoms with Gasteiger partial charge in [-0.25, -0.2) is 0 Å². The fraction of sp³-hybridized carbons (Fsp3) is 0.310. The number of methoxy groups -OCH3 is 3. The number of carbonyl (C=O) groups excluding carboxylic acids is 2. The highest BCUT2D eigenvalue weighted by Crippen LogP contribution is 2.55. The summed E-state index contributed by atoms with van der Waals surface area (Å²) in [6.07, 6.45) is 0. The van der Waals surface area contributed by atoms with E-state index in [9.17, 15) is 9.59 Å². The van der Waals surface area contributed by atoms with Crippen LogP contribution in [0.2, 0.25) is 0 Å². The highest BCUT2D eigenvalue weighted by molar-refractivity contribution is 14.1. The molecule has 10 heteroatoms. The number of hydrogen-bond donors (Lipinski definition) is 1. The Morgan fingerprint density at radius 3 is 2.15 bits per heavy atom. The molecule has 6 rings (SSSR count). The molecule has 1 aliphatic carbocycles. The molecule has 1 amide bonds. The number of amides is 1. The smallest absolute Gasteiger partial charge is 0.310 e. The maximum atomic E-state index is 13.4. The van der Waals surface area contributed by atoms with Crippen molar-refractivity contribution in [2.24, 2.45) is 11.8 Å². The van der Waals surface area contributed by atoms with E-state index in [0.29, 0.717) is 34.3 Å². The summed E-state index contributed by atoms with van der Waals surface area (Å²) in [5, 5.41) is 3.19. The van der Waals surface area contributed by atoms with Gasteiger partial charge in [0.1, 0.15) is 0 Å². The van der Waals surface area contributed by atoms with Gasteiger partial charge in [0.05, 0.1) is 39.9 Å². The van der Waals surface area contributed by atoms with Crippen molar-refractivity contribution >= 4 is 34.5 Å². The number of benzene rings is 3. The van der Waals surface area contributed by atoms with E-state index in [-0.39, 0.29) is 31.2 Å². The van der Waals surface area contributed by atoms with Crippen LogP contribution in [0.4, 0.5) is 0 Å². The highest BCUT2D eigenvalue weighted by atomic mass is 127. The van der Waals surface area contributed by atoms with Crippen molar-refractivity contribution in [1.29, 1.82) is 0 Å². The first kappa shape index (κ1) is 25.6. The summed E-state index contributed by atoms with van der Waals surface area (Å²) in [6, 6.07) is 14.4. The predicted molar refractivity (Wildman–Crippen MR) is 148 cm³/mol. The second kappa shape index (κ2) is 10.1.